The smallest absolute Gasteiger partial charge is 0.122 e. The molecule has 9 rings (SSSR count). The maximum absolute atomic E-state index is 9.53. The minimum Gasteiger partial charge on any atom is -0.491 e. The highest BCUT2D eigenvalue weighted by atomic mass is 16.5. The van der Waals surface area contributed by atoms with E-state index in [9.17, 15) is 10.2 Å². The molecule has 4 heteroatoms. The Bertz CT molecular complexity index is 2530. The van der Waals surface area contributed by atoms with Gasteiger partial charge in [-0.25, -0.2) is 0 Å². The van der Waals surface area contributed by atoms with Gasteiger partial charge in [0.05, 0.1) is 18.6 Å². The molecule has 55 heavy (non-hydrogen) atoms. The van der Waals surface area contributed by atoms with Crippen molar-refractivity contribution in [1.82, 2.24) is 0 Å². The quantitative estimate of drug-likeness (QED) is 0.148. The lowest BCUT2D eigenvalue weighted by Gasteiger charge is -2.35. The minimum atomic E-state index is -0.681. The fourth-order valence-electron chi connectivity index (χ4n) is 8.81. The minimum absolute atomic E-state index is 0.0477. The first-order valence-electron chi connectivity index (χ1n) is 19.0. The molecule has 0 amide bonds. The van der Waals surface area contributed by atoms with Crippen LogP contribution in [0.1, 0.15) is 33.4 Å². The summed E-state index contributed by atoms with van der Waals surface area (Å²) in [6, 6.07) is 57.2. The summed E-state index contributed by atoms with van der Waals surface area (Å²) in [4.78, 5) is 0. The molecule has 0 atom stereocenters. The Balaban J connectivity index is 1.35. The average molecular weight is 719 g/mol. The van der Waals surface area contributed by atoms with Gasteiger partial charge in [0.1, 0.15) is 24.7 Å². The maximum Gasteiger partial charge on any atom is 0.122 e. The van der Waals surface area contributed by atoms with Crippen LogP contribution in [-0.2, 0) is 5.41 Å². The summed E-state index contributed by atoms with van der Waals surface area (Å²) in [6.45, 7) is 4.52. The van der Waals surface area contributed by atoms with Gasteiger partial charge >= 0.3 is 0 Å². The van der Waals surface area contributed by atoms with Crippen LogP contribution >= 0.6 is 0 Å². The highest BCUT2D eigenvalue weighted by Crippen LogP contribution is 2.58. The van der Waals surface area contributed by atoms with E-state index in [4.69, 9.17) is 9.47 Å². The summed E-state index contributed by atoms with van der Waals surface area (Å²) < 4.78 is 11.9. The van der Waals surface area contributed by atoms with E-state index in [1.807, 2.05) is 12.1 Å². The monoisotopic (exact) mass is 718 g/mol. The van der Waals surface area contributed by atoms with Gasteiger partial charge in [-0.05, 0) is 126 Å². The fraction of sp³-hybridized carbons (Fsp3) is 0.137. The second kappa shape index (κ2) is 14.2. The van der Waals surface area contributed by atoms with Crippen molar-refractivity contribution in [3.63, 3.8) is 0 Å². The molecule has 8 aromatic rings. The molecule has 0 heterocycles. The molecule has 270 valence electrons. The second-order valence-corrected chi connectivity index (χ2v) is 14.4. The van der Waals surface area contributed by atoms with Crippen molar-refractivity contribution < 1.29 is 19.7 Å². The van der Waals surface area contributed by atoms with Gasteiger partial charge in [0.15, 0.2) is 0 Å². The van der Waals surface area contributed by atoms with Gasteiger partial charge in [-0.1, -0.05) is 133 Å². The lowest BCUT2D eigenvalue weighted by molar-refractivity contribution is 0.200. The van der Waals surface area contributed by atoms with Gasteiger partial charge in [-0.15, -0.1) is 0 Å². The Morgan fingerprint density at radius 3 is 1.31 bits per heavy atom. The normalized spacial score (nSPS) is 12.8. The summed E-state index contributed by atoms with van der Waals surface area (Å²) in [5, 5.41) is 23.9. The Kier molecular flexibility index (Phi) is 8.94. The van der Waals surface area contributed by atoms with Crippen molar-refractivity contribution in [2.75, 3.05) is 26.4 Å². The number of aliphatic hydroxyl groups is 2. The van der Waals surface area contributed by atoms with Gasteiger partial charge < -0.3 is 19.7 Å². The first kappa shape index (κ1) is 34.6. The number of rotatable bonds is 10. The fourth-order valence-corrected chi connectivity index (χ4v) is 8.81. The molecule has 0 bridgehead atoms. The van der Waals surface area contributed by atoms with E-state index >= 15 is 0 Å². The third kappa shape index (κ3) is 5.77. The molecule has 0 spiro atoms. The molecule has 0 saturated heterocycles. The molecule has 2 N–H and O–H groups in total. The molecule has 1 aliphatic rings. The lowest BCUT2D eigenvalue weighted by atomic mass is 9.67. The number of hydrogen-bond acceptors (Lipinski definition) is 4. The van der Waals surface area contributed by atoms with Crippen LogP contribution in [0.25, 0.3) is 54.9 Å². The Labute approximate surface area is 321 Å². The largest absolute Gasteiger partial charge is 0.491 e. The van der Waals surface area contributed by atoms with Gasteiger partial charge in [0.2, 0.25) is 0 Å². The van der Waals surface area contributed by atoms with E-state index in [-0.39, 0.29) is 26.4 Å². The summed E-state index contributed by atoms with van der Waals surface area (Å²) >= 11 is 0. The number of benzene rings is 8. The highest BCUT2D eigenvalue weighted by Gasteiger charge is 2.47. The molecule has 0 fully saturated rings. The SMILES string of the molecule is Cc1cc(C2(c3ccc(OCCO)c(C)c3)c3ccc(-c4cccc5ccccc45)cc3-c3cc(-c4cccc5ccccc45)ccc32)ccc1OCCO. The predicted octanol–water partition coefficient (Wildman–Crippen LogP) is 11.0. The molecule has 8 aromatic carbocycles. The summed E-state index contributed by atoms with van der Waals surface area (Å²) in [7, 11) is 0. The highest BCUT2D eigenvalue weighted by molar-refractivity contribution is 6.01. The maximum atomic E-state index is 9.53. The van der Waals surface area contributed by atoms with Crippen LogP contribution in [-0.4, -0.2) is 36.6 Å². The van der Waals surface area contributed by atoms with Crippen molar-refractivity contribution in [3.05, 3.63) is 191 Å². The molecule has 4 nitrogen and oxygen atoms in total. The molecule has 0 aliphatic heterocycles. The van der Waals surface area contributed by atoms with Gasteiger partial charge in [-0.3, -0.25) is 0 Å². The second-order valence-electron chi connectivity index (χ2n) is 14.4. The van der Waals surface area contributed by atoms with Crippen molar-refractivity contribution in [2.24, 2.45) is 0 Å². The standard InChI is InChI=1S/C51H42O4/c1-33-29-39(19-23-49(33)54-27-25-52)51(40-20-24-50(34(2)30-40)55-28-26-53)47-21-17-37(43-15-7-11-35-9-3-5-13-41(35)43)31-45(47)46-32-38(18-22-48(46)51)44-16-8-12-36-10-4-6-14-42(36)44/h3-24,29-32,52-53H,25-28H2,1-2H3. The van der Waals surface area contributed by atoms with Crippen LogP contribution in [0.2, 0.25) is 0 Å². The number of fused-ring (bicyclic) bond motifs is 5. The third-order valence-electron chi connectivity index (χ3n) is 11.3. The molecule has 0 unspecified atom stereocenters. The van der Waals surface area contributed by atoms with Crippen molar-refractivity contribution in [2.45, 2.75) is 19.3 Å². The Hall–Kier alpha value is -6.20. The van der Waals surface area contributed by atoms with E-state index in [2.05, 4.69) is 159 Å². The number of ether oxygens (including phenoxy) is 2. The lowest BCUT2D eigenvalue weighted by Crippen LogP contribution is -2.29. The van der Waals surface area contributed by atoms with E-state index in [1.165, 1.54) is 66.1 Å². The number of aliphatic hydroxyl groups excluding tert-OH is 2. The van der Waals surface area contributed by atoms with E-state index in [1.54, 1.807) is 0 Å². The van der Waals surface area contributed by atoms with Crippen LogP contribution < -0.4 is 9.47 Å². The van der Waals surface area contributed by atoms with Gasteiger partial charge in [-0.2, -0.15) is 0 Å². The van der Waals surface area contributed by atoms with Gasteiger partial charge in [0, 0.05) is 0 Å². The van der Waals surface area contributed by atoms with Crippen molar-refractivity contribution >= 4 is 21.5 Å². The molecule has 0 aromatic heterocycles. The third-order valence-corrected chi connectivity index (χ3v) is 11.3. The van der Waals surface area contributed by atoms with Crippen LogP contribution in [0.4, 0.5) is 0 Å². The average Bonchev–Trinajstić information content (AvgIpc) is 3.52. The first-order valence-corrected chi connectivity index (χ1v) is 19.0. The van der Waals surface area contributed by atoms with Gasteiger partial charge in [0.25, 0.3) is 0 Å². The summed E-state index contributed by atoms with van der Waals surface area (Å²) in [5.41, 5.74) is 13.1. The molecule has 0 radical (unpaired) electrons. The predicted molar refractivity (Wildman–Crippen MR) is 224 cm³/mol. The molecule has 0 saturated carbocycles. The summed E-state index contributed by atoms with van der Waals surface area (Å²) in [6.07, 6.45) is 0. The van der Waals surface area contributed by atoms with Crippen molar-refractivity contribution in [1.29, 1.82) is 0 Å². The summed E-state index contributed by atoms with van der Waals surface area (Å²) in [5.74, 6) is 1.51. The molecule has 1 aliphatic carbocycles. The zero-order valence-electron chi connectivity index (χ0n) is 31.1. The Morgan fingerprint density at radius 2 is 0.873 bits per heavy atom. The number of hydrogen-bond donors (Lipinski definition) is 2. The molecular formula is C51H42O4. The zero-order chi connectivity index (χ0) is 37.5. The van der Waals surface area contributed by atoms with E-state index in [0.29, 0.717) is 0 Å². The zero-order valence-corrected chi connectivity index (χ0v) is 31.1. The van der Waals surface area contributed by atoms with E-state index in [0.717, 1.165) is 33.8 Å². The Morgan fingerprint density at radius 1 is 0.436 bits per heavy atom. The van der Waals surface area contributed by atoms with Crippen LogP contribution in [0.5, 0.6) is 11.5 Å². The topological polar surface area (TPSA) is 58.9 Å². The molecular weight excluding hydrogens is 677 g/mol. The van der Waals surface area contributed by atoms with Crippen LogP contribution in [0.15, 0.2) is 158 Å². The van der Waals surface area contributed by atoms with Crippen LogP contribution in [0, 0.1) is 13.8 Å². The van der Waals surface area contributed by atoms with Crippen molar-refractivity contribution in [3.8, 4) is 44.9 Å². The van der Waals surface area contributed by atoms with Crippen LogP contribution in [0.3, 0.4) is 0 Å². The van der Waals surface area contributed by atoms with E-state index < -0.39 is 5.41 Å². The first-order chi connectivity index (χ1) is 27.0. The number of aryl methyl sites for hydroxylation is 2.